The maximum atomic E-state index is 12.1. The Morgan fingerprint density at radius 3 is 2.64 bits per heavy atom. The summed E-state index contributed by atoms with van der Waals surface area (Å²) in [6, 6.07) is 6.07. The lowest BCUT2D eigenvalue weighted by molar-refractivity contribution is -0.140. The molecule has 0 aliphatic carbocycles. The van der Waals surface area contributed by atoms with Crippen molar-refractivity contribution >= 4 is 23.6 Å². The number of carboxylic acids is 1. The quantitative estimate of drug-likeness (QED) is 0.510. The highest BCUT2D eigenvalue weighted by molar-refractivity contribution is 7.98. The van der Waals surface area contributed by atoms with E-state index in [1.165, 1.54) is 6.08 Å². The third kappa shape index (κ3) is 6.32. The molecule has 0 aliphatic rings. The van der Waals surface area contributed by atoms with Crippen LogP contribution in [-0.2, 0) is 15.3 Å². The summed E-state index contributed by atoms with van der Waals surface area (Å²) >= 11 is 1.80. The molecule has 1 aromatic rings. The standard InChI is InChI=1S/C16H21NO4S/c1-3-9-21-10-14(16(19)20)17-15(18)13-7-5-12(6-8-13)11-22-4-2/h3,5-8,14H,1,4,9-11H2,2H3,(H,17,18)(H,19,20). The molecule has 0 saturated heterocycles. The van der Waals surface area contributed by atoms with E-state index in [0.29, 0.717) is 5.56 Å². The van der Waals surface area contributed by atoms with Crippen LogP contribution in [0.2, 0.25) is 0 Å². The van der Waals surface area contributed by atoms with Crippen LogP contribution in [0.3, 0.4) is 0 Å². The minimum Gasteiger partial charge on any atom is -0.480 e. The summed E-state index contributed by atoms with van der Waals surface area (Å²) in [4.78, 5) is 23.2. The smallest absolute Gasteiger partial charge is 0.328 e. The van der Waals surface area contributed by atoms with Gasteiger partial charge in [0, 0.05) is 11.3 Å². The van der Waals surface area contributed by atoms with E-state index in [0.717, 1.165) is 17.1 Å². The Hall–Kier alpha value is -1.79. The molecule has 0 heterocycles. The molecule has 0 spiro atoms. The second-order valence-corrected chi connectivity index (χ2v) is 5.80. The molecule has 22 heavy (non-hydrogen) atoms. The number of benzene rings is 1. The highest BCUT2D eigenvalue weighted by Gasteiger charge is 2.20. The van der Waals surface area contributed by atoms with Crippen LogP contribution in [0.4, 0.5) is 0 Å². The third-order valence-corrected chi connectivity index (χ3v) is 3.76. The number of carbonyl (C=O) groups excluding carboxylic acids is 1. The number of hydrogen-bond acceptors (Lipinski definition) is 4. The normalized spacial score (nSPS) is 11.7. The zero-order valence-corrected chi connectivity index (χ0v) is 13.4. The third-order valence-electron chi connectivity index (χ3n) is 2.81. The average molecular weight is 323 g/mol. The van der Waals surface area contributed by atoms with Crippen molar-refractivity contribution in [3.63, 3.8) is 0 Å². The SMILES string of the molecule is C=CCOCC(NC(=O)c1ccc(CSCC)cc1)C(=O)O. The molecule has 1 unspecified atom stereocenters. The van der Waals surface area contributed by atoms with Crippen molar-refractivity contribution in [2.45, 2.75) is 18.7 Å². The van der Waals surface area contributed by atoms with Gasteiger partial charge in [-0.1, -0.05) is 25.1 Å². The number of rotatable bonds is 10. The molecule has 5 nitrogen and oxygen atoms in total. The molecule has 0 fully saturated rings. The number of carbonyl (C=O) groups is 2. The summed E-state index contributed by atoms with van der Waals surface area (Å²) in [5.41, 5.74) is 1.56. The van der Waals surface area contributed by atoms with Crippen LogP contribution >= 0.6 is 11.8 Å². The van der Waals surface area contributed by atoms with E-state index in [2.05, 4.69) is 18.8 Å². The molecule has 0 aromatic heterocycles. The number of amides is 1. The van der Waals surface area contributed by atoms with Crippen LogP contribution in [0.1, 0.15) is 22.8 Å². The Morgan fingerprint density at radius 2 is 2.09 bits per heavy atom. The van der Waals surface area contributed by atoms with Crippen LogP contribution in [0.25, 0.3) is 0 Å². The van der Waals surface area contributed by atoms with Gasteiger partial charge >= 0.3 is 5.97 Å². The summed E-state index contributed by atoms with van der Waals surface area (Å²) in [5, 5.41) is 11.5. The fraction of sp³-hybridized carbons (Fsp3) is 0.375. The van der Waals surface area contributed by atoms with Crippen molar-refractivity contribution in [1.82, 2.24) is 5.32 Å². The molecule has 6 heteroatoms. The van der Waals surface area contributed by atoms with Crippen LogP contribution < -0.4 is 5.32 Å². The molecule has 0 saturated carbocycles. The van der Waals surface area contributed by atoms with Crippen molar-refractivity contribution < 1.29 is 19.4 Å². The van der Waals surface area contributed by atoms with E-state index in [4.69, 9.17) is 9.84 Å². The fourth-order valence-corrected chi connectivity index (χ4v) is 2.29. The lowest BCUT2D eigenvalue weighted by Crippen LogP contribution is -2.44. The largest absolute Gasteiger partial charge is 0.480 e. The summed E-state index contributed by atoms with van der Waals surface area (Å²) < 4.78 is 5.09. The van der Waals surface area contributed by atoms with Gasteiger partial charge < -0.3 is 15.2 Å². The molecular weight excluding hydrogens is 302 g/mol. The highest BCUT2D eigenvalue weighted by Crippen LogP contribution is 2.12. The predicted octanol–water partition coefficient (Wildman–Crippen LogP) is 2.33. The number of ether oxygens (including phenoxy) is 1. The molecule has 2 N–H and O–H groups in total. The number of thioether (sulfide) groups is 1. The molecule has 0 bridgehead atoms. The van der Waals surface area contributed by atoms with Crippen molar-refractivity contribution in [2.75, 3.05) is 19.0 Å². The predicted molar refractivity (Wildman–Crippen MR) is 88.2 cm³/mol. The zero-order valence-electron chi connectivity index (χ0n) is 12.6. The Labute approximate surface area is 134 Å². The maximum Gasteiger partial charge on any atom is 0.328 e. The van der Waals surface area contributed by atoms with Crippen LogP contribution in [0.5, 0.6) is 0 Å². The monoisotopic (exact) mass is 323 g/mol. The van der Waals surface area contributed by atoms with Crippen molar-refractivity contribution in [3.05, 3.63) is 48.0 Å². The van der Waals surface area contributed by atoms with Gasteiger partial charge in [0.05, 0.1) is 13.2 Å². The van der Waals surface area contributed by atoms with Gasteiger partial charge in [0.1, 0.15) is 0 Å². The van der Waals surface area contributed by atoms with E-state index in [1.807, 2.05) is 12.1 Å². The van der Waals surface area contributed by atoms with E-state index in [1.54, 1.807) is 23.9 Å². The van der Waals surface area contributed by atoms with Crippen LogP contribution in [0.15, 0.2) is 36.9 Å². The molecule has 120 valence electrons. The van der Waals surface area contributed by atoms with E-state index >= 15 is 0 Å². The Kier molecular flexibility index (Phi) is 8.32. The molecule has 1 amide bonds. The van der Waals surface area contributed by atoms with E-state index in [-0.39, 0.29) is 13.2 Å². The van der Waals surface area contributed by atoms with Gasteiger partial charge in [-0.15, -0.1) is 6.58 Å². The number of aliphatic carboxylic acids is 1. The molecule has 0 aliphatic heterocycles. The van der Waals surface area contributed by atoms with Gasteiger partial charge in [0.15, 0.2) is 6.04 Å². The highest BCUT2D eigenvalue weighted by atomic mass is 32.2. The lowest BCUT2D eigenvalue weighted by atomic mass is 10.1. The zero-order chi connectivity index (χ0) is 16.4. The van der Waals surface area contributed by atoms with Crippen LogP contribution in [-0.4, -0.2) is 42.0 Å². The van der Waals surface area contributed by atoms with Crippen LogP contribution in [0, 0.1) is 0 Å². The molecule has 1 aromatic carbocycles. The summed E-state index contributed by atoms with van der Waals surface area (Å²) in [5.74, 6) is 0.372. The van der Waals surface area contributed by atoms with Crippen molar-refractivity contribution in [2.24, 2.45) is 0 Å². The van der Waals surface area contributed by atoms with E-state index < -0.39 is 17.9 Å². The van der Waals surface area contributed by atoms with Gasteiger partial charge in [-0.2, -0.15) is 11.8 Å². The molecular formula is C16H21NO4S. The first kappa shape index (κ1) is 18.3. The Balaban J connectivity index is 2.61. The van der Waals surface area contributed by atoms with Gasteiger partial charge in [0.2, 0.25) is 0 Å². The van der Waals surface area contributed by atoms with Gasteiger partial charge in [0.25, 0.3) is 5.91 Å². The maximum absolute atomic E-state index is 12.1. The van der Waals surface area contributed by atoms with Gasteiger partial charge in [-0.05, 0) is 23.4 Å². The van der Waals surface area contributed by atoms with Crippen molar-refractivity contribution in [1.29, 1.82) is 0 Å². The molecule has 0 radical (unpaired) electrons. The first-order chi connectivity index (χ1) is 10.6. The number of carboxylic acid groups (broad SMARTS) is 1. The van der Waals surface area contributed by atoms with Gasteiger partial charge in [-0.3, -0.25) is 4.79 Å². The first-order valence-electron chi connectivity index (χ1n) is 6.97. The summed E-state index contributed by atoms with van der Waals surface area (Å²) in [6.45, 7) is 5.71. The second kappa shape index (κ2) is 10.0. The number of nitrogens with one attached hydrogen (secondary N) is 1. The topological polar surface area (TPSA) is 75.6 Å². The first-order valence-corrected chi connectivity index (χ1v) is 8.13. The Morgan fingerprint density at radius 1 is 1.41 bits per heavy atom. The lowest BCUT2D eigenvalue weighted by Gasteiger charge is -2.14. The van der Waals surface area contributed by atoms with E-state index in [9.17, 15) is 9.59 Å². The molecule has 1 rings (SSSR count). The van der Waals surface area contributed by atoms with Gasteiger partial charge in [-0.25, -0.2) is 4.79 Å². The molecule has 1 atom stereocenters. The van der Waals surface area contributed by atoms with Crippen molar-refractivity contribution in [3.8, 4) is 0 Å². The minimum absolute atomic E-state index is 0.0989. The summed E-state index contributed by atoms with van der Waals surface area (Å²) in [7, 11) is 0. The minimum atomic E-state index is -1.13. The average Bonchev–Trinajstić information content (AvgIpc) is 2.52. The Bertz CT molecular complexity index is 501. The summed E-state index contributed by atoms with van der Waals surface area (Å²) in [6.07, 6.45) is 1.52. The number of hydrogen-bond donors (Lipinski definition) is 2. The fourth-order valence-electron chi connectivity index (χ4n) is 1.66. The second-order valence-electron chi connectivity index (χ2n) is 4.52.